The molecule has 0 spiro atoms. The Bertz CT molecular complexity index is 1150. The molecule has 1 aromatic heterocycles. The smallest absolute Gasteiger partial charge is 0.269 e. The number of nitro benzene ring substituents is 1. The summed E-state index contributed by atoms with van der Waals surface area (Å²) in [5.74, 6) is -0.252. The number of carbonyl (C=O) groups excluding carboxylic acids is 2. The van der Waals surface area contributed by atoms with Gasteiger partial charge in [0.1, 0.15) is 12.0 Å². The zero-order valence-electron chi connectivity index (χ0n) is 14.9. The highest BCUT2D eigenvalue weighted by molar-refractivity contribution is 6.30. The Kier molecular flexibility index (Phi) is 4.77. The van der Waals surface area contributed by atoms with Gasteiger partial charge in [0.05, 0.1) is 28.7 Å². The molecule has 0 bridgehead atoms. The van der Waals surface area contributed by atoms with E-state index in [4.69, 9.17) is 11.6 Å². The van der Waals surface area contributed by atoms with Gasteiger partial charge in [-0.3, -0.25) is 14.9 Å². The van der Waals surface area contributed by atoms with Crippen molar-refractivity contribution in [3.63, 3.8) is 0 Å². The minimum Gasteiger partial charge on any atom is -0.303 e. The van der Waals surface area contributed by atoms with Crippen LogP contribution in [0.25, 0.3) is 11.3 Å². The SMILES string of the molecule is O=Cc1c(-c2ccc(Cl)cc2)nn2c1N=C(c1ccc([N+](=O)[O-])cc1)C(C=O)C2. The average Bonchev–Trinajstić information content (AvgIpc) is 3.10. The van der Waals surface area contributed by atoms with Crippen molar-refractivity contribution in [2.24, 2.45) is 10.9 Å². The van der Waals surface area contributed by atoms with E-state index in [1.807, 2.05) is 0 Å². The predicted molar refractivity (Wildman–Crippen MR) is 107 cm³/mol. The summed E-state index contributed by atoms with van der Waals surface area (Å²) < 4.78 is 1.53. The number of aromatic nitrogens is 2. The third-order valence-electron chi connectivity index (χ3n) is 4.68. The van der Waals surface area contributed by atoms with E-state index in [0.29, 0.717) is 45.2 Å². The summed E-state index contributed by atoms with van der Waals surface area (Å²) in [5.41, 5.74) is 2.41. The number of nitrogens with zero attached hydrogens (tertiary/aromatic N) is 4. The number of non-ortho nitro benzene ring substituents is 1. The molecule has 1 atom stereocenters. The maximum absolute atomic E-state index is 11.8. The molecule has 0 aliphatic carbocycles. The van der Waals surface area contributed by atoms with Crippen LogP contribution in [-0.4, -0.2) is 33.0 Å². The van der Waals surface area contributed by atoms with Gasteiger partial charge in [-0.2, -0.15) is 5.10 Å². The Hall–Kier alpha value is -3.65. The molecular formula is C20H13ClN4O4. The highest BCUT2D eigenvalue weighted by Crippen LogP contribution is 2.34. The van der Waals surface area contributed by atoms with Crippen LogP contribution in [0.5, 0.6) is 0 Å². The Balaban J connectivity index is 1.83. The van der Waals surface area contributed by atoms with E-state index < -0.39 is 10.8 Å². The number of hydrogen-bond donors (Lipinski definition) is 0. The van der Waals surface area contributed by atoms with Crippen LogP contribution in [-0.2, 0) is 11.3 Å². The highest BCUT2D eigenvalue weighted by atomic mass is 35.5. The number of aldehydes is 2. The van der Waals surface area contributed by atoms with E-state index in [0.717, 1.165) is 6.29 Å². The predicted octanol–water partition coefficient (Wildman–Crippen LogP) is 3.87. The van der Waals surface area contributed by atoms with Gasteiger partial charge in [-0.15, -0.1) is 0 Å². The first-order valence-corrected chi connectivity index (χ1v) is 9.00. The molecule has 0 saturated carbocycles. The summed E-state index contributed by atoms with van der Waals surface area (Å²) in [4.78, 5) is 38.4. The summed E-state index contributed by atoms with van der Waals surface area (Å²) >= 11 is 5.93. The van der Waals surface area contributed by atoms with Gasteiger partial charge in [-0.1, -0.05) is 23.7 Å². The summed E-state index contributed by atoms with van der Waals surface area (Å²) in [5, 5.41) is 15.9. The van der Waals surface area contributed by atoms with Crippen molar-refractivity contribution in [3.8, 4) is 11.3 Å². The van der Waals surface area contributed by atoms with E-state index in [1.165, 1.54) is 16.8 Å². The zero-order valence-corrected chi connectivity index (χ0v) is 15.6. The van der Waals surface area contributed by atoms with Crippen LogP contribution in [0.3, 0.4) is 0 Å². The monoisotopic (exact) mass is 408 g/mol. The molecule has 1 aliphatic rings. The second kappa shape index (κ2) is 7.40. The van der Waals surface area contributed by atoms with Gasteiger partial charge in [-0.25, -0.2) is 9.67 Å². The second-order valence-electron chi connectivity index (χ2n) is 6.44. The van der Waals surface area contributed by atoms with Crippen molar-refractivity contribution < 1.29 is 14.5 Å². The highest BCUT2D eigenvalue weighted by Gasteiger charge is 2.29. The molecular weight excluding hydrogens is 396 g/mol. The lowest BCUT2D eigenvalue weighted by molar-refractivity contribution is -0.384. The first-order valence-electron chi connectivity index (χ1n) is 8.62. The molecule has 0 radical (unpaired) electrons. The summed E-state index contributed by atoms with van der Waals surface area (Å²) in [6.07, 6.45) is 1.44. The van der Waals surface area contributed by atoms with Crippen molar-refractivity contribution in [2.75, 3.05) is 0 Å². The Labute approximate surface area is 169 Å². The topological polar surface area (TPSA) is 107 Å². The largest absolute Gasteiger partial charge is 0.303 e. The number of benzene rings is 2. The third kappa shape index (κ3) is 3.34. The number of fused-ring (bicyclic) bond motifs is 1. The Morgan fingerprint density at radius 2 is 1.72 bits per heavy atom. The minimum atomic E-state index is -0.596. The molecule has 144 valence electrons. The quantitative estimate of drug-likeness (QED) is 0.361. The van der Waals surface area contributed by atoms with E-state index in [1.54, 1.807) is 36.4 Å². The third-order valence-corrected chi connectivity index (χ3v) is 4.93. The van der Waals surface area contributed by atoms with Gasteiger partial charge < -0.3 is 4.79 Å². The molecule has 0 fully saturated rings. The number of halogens is 1. The molecule has 0 amide bonds. The number of aliphatic imine (C=N–C) groups is 1. The molecule has 0 saturated heterocycles. The van der Waals surface area contributed by atoms with Crippen LogP contribution in [0.15, 0.2) is 53.5 Å². The summed E-state index contributed by atoms with van der Waals surface area (Å²) in [6.45, 7) is 0.211. The number of rotatable bonds is 5. The second-order valence-corrected chi connectivity index (χ2v) is 6.87. The Morgan fingerprint density at radius 1 is 1.07 bits per heavy atom. The zero-order chi connectivity index (χ0) is 20.5. The van der Waals surface area contributed by atoms with Gasteiger partial charge in [0, 0.05) is 22.7 Å². The van der Waals surface area contributed by atoms with Crippen LogP contribution in [0.2, 0.25) is 5.02 Å². The van der Waals surface area contributed by atoms with Crippen LogP contribution < -0.4 is 0 Å². The molecule has 8 nitrogen and oxygen atoms in total. The lowest BCUT2D eigenvalue weighted by atomic mass is 9.96. The first-order chi connectivity index (χ1) is 14.0. The molecule has 2 aromatic carbocycles. The molecule has 3 aromatic rings. The fourth-order valence-corrected chi connectivity index (χ4v) is 3.38. The normalized spacial score (nSPS) is 15.3. The molecule has 29 heavy (non-hydrogen) atoms. The van der Waals surface area contributed by atoms with Crippen molar-refractivity contribution in [1.29, 1.82) is 0 Å². The first kappa shape index (κ1) is 18.7. The summed E-state index contributed by atoms with van der Waals surface area (Å²) in [7, 11) is 0. The number of carbonyl (C=O) groups is 2. The molecule has 1 unspecified atom stereocenters. The van der Waals surface area contributed by atoms with Crippen LogP contribution in [0.1, 0.15) is 15.9 Å². The Morgan fingerprint density at radius 3 is 2.31 bits per heavy atom. The van der Waals surface area contributed by atoms with E-state index in [2.05, 4.69) is 10.1 Å². The summed E-state index contributed by atoms with van der Waals surface area (Å²) in [6, 6.07) is 12.7. The standard InChI is InChI=1S/C20H13ClN4O4/c21-15-5-1-13(2-6-15)19-17(11-27)20-22-18(14(10-26)9-24(20)23-19)12-3-7-16(8-4-12)25(28)29/h1-8,10-11,14H,9H2. The van der Waals surface area contributed by atoms with E-state index in [-0.39, 0.29) is 12.2 Å². The lowest BCUT2D eigenvalue weighted by Crippen LogP contribution is -2.27. The van der Waals surface area contributed by atoms with Crippen molar-refractivity contribution in [3.05, 3.63) is 74.8 Å². The van der Waals surface area contributed by atoms with Crippen LogP contribution in [0, 0.1) is 16.0 Å². The molecule has 9 heteroatoms. The lowest BCUT2D eigenvalue weighted by Gasteiger charge is -2.20. The van der Waals surface area contributed by atoms with Gasteiger partial charge in [0.15, 0.2) is 12.1 Å². The average molecular weight is 409 g/mol. The van der Waals surface area contributed by atoms with Gasteiger partial charge in [-0.05, 0) is 29.8 Å². The maximum Gasteiger partial charge on any atom is 0.269 e. The maximum atomic E-state index is 11.8. The number of hydrogen-bond acceptors (Lipinski definition) is 6. The van der Waals surface area contributed by atoms with Crippen molar-refractivity contribution in [2.45, 2.75) is 6.54 Å². The number of nitro groups is 1. The minimum absolute atomic E-state index is 0.0588. The van der Waals surface area contributed by atoms with Gasteiger partial charge >= 0.3 is 0 Å². The van der Waals surface area contributed by atoms with E-state index >= 15 is 0 Å². The fraction of sp³-hybridized carbons (Fsp3) is 0.100. The molecule has 1 aliphatic heterocycles. The van der Waals surface area contributed by atoms with E-state index in [9.17, 15) is 19.7 Å². The van der Waals surface area contributed by atoms with Gasteiger partial charge in [0.25, 0.3) is 5.69 Å². The fourth-order valence-electron chi connectivity index (χ4n) is 3.25. The van der Waals surface area contributed by atoms with Crippen molar-refractivity contribution >= 4 is 41.4 Å². The molecule has 2 heterocycles. The van der Waals surface area contributed by atoms with Crippen LogP contribution >= 0.6 is 11.6 Å². The van der Waals surface area contributed by atoms with Gasteiger partial charge in [0.2, 0.25) is 0 Å². The van der Waals surface area contributed by atoms with Crippen LogP contribution in [0.4, 0.5) is 11.5 Å². The van der Waals surface area contributed by atoms with Crippen molar-refractivity contribution in [1.82, 2.24) is 9.78 Å². The molecule has 4 rings (SSSR count). The molecule has 0 N–H and O–H groups in total.